The van der Waals surface area contributed by atoms with Crippen molar-refractivity contribution in [3.63, 3.8) is 0 Å². The lowest BCUT2D eigenvalue weighted by Gasteiger charge is -2.30. The maximum atomic E-state index is 15.7. The van der Waals surface area contributed by atoms with Crippen LogP contribution in [0.3, 0.4) is 0 Å². The first-order valence-corrected chi connectivity index (χ1v) is 8.72. The number of aryl methyl sites for hydroxylation is 1. The van der Waals surface area contributed by atoms with E-state index >= 15 is 4.39 Å². The van der Waals surface area contributed by atoms with E-state index in [1.54, 1.807) is 6.08 Å². The Hall–Kier alpha value is -2.32. The number of nitrogens with one attached hydrogen (secondary N) is 1. The summed E-state index contributed by atoms with van der Waals surface area (Å²) in [5.41, 5.74) is -1.78. The number of alkyl halides is 4. The summed E-state index contributed by atoms with van der Waals surface area (Å²) < 4.78 is 55.9. The fourth-order valence-corrected chi connectivity index (χ4v) is 3.15. The van der Waals surface area contributed by atoms with Crippen LogP contribution in [0.1, 0.15) is 28.0 Å². The highest BCUT2D eigenvalue weighted by atomic mass is 35.5. The minimum atomic E-state index is -4.85. The van der Waals surface area contributed by atoms with Gasteiger partial charge in [0.25, 0.3) is 5.91 Å². The number of amides is 1. The van der Waals surface area contributed by atoms with Crippen molar-refractivity contribution in [2.24, 2.45) is 7.05 Å². The molecule has 0 saturated carbocycles. The second-order valence-corrected chi connectivity index (χ2v) is 6.97. The van der Waals surface area contributed by atoms with Crippen LogP contribution in [0.25, 0.3) is 5.57 Å². The molecule has 1 atom stereocenters. The quantitative estimate of drug-likeness (QED) is 0.535. The Labute approximate surface area is 167 Å². The number of rotatable bonds is 3. The standard InChI is InChI=1S/C18H13Cl2F4N3O/c1-27-9-11(15(26-27)18(22,23)24)16(28)25-17(21)7-3-2-4-12(17)10-5-6-13(19)14(20)8-10/h2-6,8-9H,7H2,1H3,(H,25,28). The van der Waals surface area contributed by atoms with Crippen LogP contribution in [-0.4, -0.2) is 21.5 Å². The van der Waals surface area contributed by atoms with E-state index in [4.69, 9.17) is 23.2 Å². The second-order valence-electron chi connectivity index (χ2n) is 6.16. The van der Waals surface area contributed by atoms with E-state index in [0.717, 1.165) is 10.9 Å². The predicted molar refractivity (Wildman–Crippen MR) is 97.7 cm³/mol. The van der Waals surface area contributed by atoms with Gasteiger partial charge in [-0.2, -0.15) is 18.3 Å². The molecular weight excluding hydrogens is 421 g/mol. The van der Waals surface area contributed by atoms with Crippen LogP contribution in [-0.2, 0) is 13.2 Å². The van der Waals surface area contributed by atoms with Crippen molar-refractivity contribution in [1.82, 2.24) is 15.1 Å². The van der Waals surface area contributed by atoms with E-state index in [-0.39, 0.29) is 22.0 Å². The van der Waals surface area contributed by atoms with E-state index < -0.39 is 29.1 Å². The lowest BCUT2D eigenvalue weighted by molar-refractivity contribution is -0.141. The van der Waals surface area contributed by atoms with Gasteiger partial charge in [-0.15, -0.1) is 0 Å². The minimum absolute atomic E-state index is 0.0411. The smallest absolute Gasteiger partial charge is 0.316 e. The molecule has 0 fully saturated rings. The van der Waals surface area contributed by atoms with Gasteiger partial charge in [0.1, 0.15) is 0 Å². The zero-order chi connectivity index (χ0) is 20.7. The van der Waals surface area contributed by atoms with Crippen LogP contribution in [0.15, 0.2) is 42.6 Å². The number of halogens is 6. The Morgan fingerprint density at radius 1 is 1.29 bits per heavy atom. The Kier molecular flexibility index (Phi) is 5.29. The molecular formula is C18H13Cl2F4N3O. The Bertz CT molecular complexity index is 997. The van der Waals surface area contributed by atoms with E-state index in [2.05, 4.69) is 10.4 Å². The number of hydrogen-bond acceptors (Lipinski definition) is 2. The molecule has 3 rings (SSSR count). The molecule has 1 aliphatic carbocycles. The van der Waals surface area contributed by atoms with Crippen LogP contribution >= 0.6 is 23.2 Å². The van der Waals surface area contributed by atoms with E-state index in [1.807, 2.05) is 0 Å². The monoisotopic (exact) mass is 433 g/mol. The van der Waals surface area contributed by atoms with Crippen molar-refractivity contribution in [2.75, 3.05) is 0 Å². The van der Waals surface area contributed by atoms with Crippen LogP contribution < -0.4 is 5.32 Å². The molecule has 1 amide bonds. The minimum Gasteiger partial charge on any atom is -0.316 e. The van der Waals surface area contributed by atoms with Crippen LogP contribution in [0.4, 0.5) is 17.6 Å². The predicted octanol–water partition coefficient (Wildman–Crippen LogP) is 5.18. The van der Waals surface area contributed by atoms with Gasteiger partial charge < -0.3 is 5.32 Å². The first kappa shape index (κ1) is 20.4. The number of benzene rings is 1. The number of carbonyl (C=O) groups is 1. The maximum absolute atomic E-state index is 15.7. The fourth-order valence-electron chi connectivity index (χ4n) is 2.86. The van der Waals surface area contributed by atoms with E-state index in [1.165, 1.54) is 37.4 Å². The molecule has 28 heavy (non-hydrogen) atoms. The third-order valence-electron chi connectivity index (χ3n) is 4.11. The normalized spacial score (nSPS) is 19.5. The third kappa shape index (κ3) is 3.93. The van der Waals surface area contributed by atoms with Crippen LogP contribution in [0, 0.1) is 0 Å². The van der Waals surface area contributed by atoms with Crippen LogP contribution in [0.5, 0.6) is 0 Å². The van der Waals surface area contributed by atoms with Crippen molar-refractivity contribution < 1.29 is 22.4 Å². The number of aromatic nitrogens is 2. The largest absolute Gasteiger partial charge is 0.435 e. The number of carbonyl (C=O) groups excluding carboxylic acids is 1. The average Bonchev–Trinajstić information content (AvgIpc) is 3.00. The zero-order valence-corrected chi connectivity index (χ0v) is 15.8. The van der Waals surface area contributed by atoms with E-state index in [0.29, 0.717) is 5.56 Å². The summed E-state index contributed by atoms with van der Waals surface area (Å²) in [7, 11) is 1.24. The number of hydrogen-bond donors (Lipinski definition) is 1. The molecule has 1 aromatic heterocycles. The van der Waals surface area contributed by atoms with Crippen molar-refractivity contribution in [2.45, 2.75) is 18.4 Å². The third-order valence-corrected chi connectivity index (χ3v) is 4.85. The maximum Gasteiger partial charge on any atom is 0.435 e. The highest BCUT2D eigenvalue weighted by Gasteiger charge is 2.42. The molecule has 1 aliphatic rings. The molecule has 0 saturated heterocycles. The molecule has 1 heterocycles. The van der Waals surface area contributed by atoms with Gasteiger partial charge in [-0.3, -0.25) is 9.48 Å². The SMILES string of the molecule is Cn1cc(C(=O)NC2(F)CC=CC=C2c2ccc(Cl)c(Cl)c2)c(C(F)(F)F)n1. The second kappa shape index (κ2) is 7.25. The lowest BCUT2D eigenvalue weighted by Crippen LogP contribution is -2.46. The van der Waals surface area contributed by atoms with Gasteiger partial charge >= 0.3 is 6.18 Å². The summed E-state index contributed by atoms with van der Waals surface area (Å²) >= 11 is 11.9. The van der Waals surface area contributed by atoms with Gasteiger partial charge in [-0.1, -0.05) is 47.5 Å². The highest BCUT2D eigenvalue weighted by Crippen LogP contribution is 2.38. The lowest BCUT2D eigenvalue weighted by atomic mass is 9.90. The highest BCUT2D eigenvalue weighted by molar-refractivity contribution is 6.42. The van der Waals surface area contributed by atoms with Gasteiger partial charge in [-0.25, -0.2) is 4.39 Å². The Balaban J connectivity index is 1.96. The summed E-state index contributed by atoms with van der Waals surface area (Å²) in [5, 5.41) is 5.77. The van der Waals surface area contributed by atoms with Gasteiger partial charge in [0, 0.05) is 25.2 Å². The molecule has 10 heteroatoms. The van der Waals surface area contributed by atoms with Crippen molar-refractivity contribution in [1.29, 1.82) is 0 Å². The van der Waals surface area contributed by atoms with Crippen molar-refractivity contribution in [3.05, 3.63) is 69.5 Å². The zero-order valence-electron chi connectivity index (χ0n) is 14.3. The summed E-state index contributed by atoms with van der Waals surface area (Å²) in [6.45, 7) is 0. The first-order valence-electron chi connectivity index (χ1n) is 7.96. The Morgan fingerprint density at radius 2 is 2.00 bits per heavy atom. The molecule has 0 aliphatic heterocycles. The molecule has 1 aromatic carbocycles. The molecule has 2 aromatic rings. The van der Waals surface area contributed by atoms with Crippen LogP contribution in [0.2, 0.25) is 10.0 Å². The number of allylic oxidation sites excluding steroid dienone is 2. The molecule has 0 radical (unpaired) electrons. The summed E-state index contributed by atoms with van der Waals surface area (Å²) in [4.78, 5) is 12.5. The topological polar surface area (TPSA) is 46.9 Å². The first-order chi connectivity index (χ1) is 13.0. The summed E-state index contributed by atoms with van der Waals surface area (Å²) in [6, 6.07) is 4.38. The Morgan fingerprint density at radius 3 is 2.64 bits per heavy atom. The van der Waals surface area contributed by atoms with Gasteiger partial charge in [0.15, 0.2) is 5.69 Å². The molecule has 0 spiro atoms. The van der Waals surface area contributed by atoms with Gasteiger partial charge in [0.05, 0.1) is 15.6 Å². The summed E-state index contributed by atoms with van der Waals surface area (Å²) in [6.07, 6.45) is 0.209. The molecule has 148 valence electrons. The average molecular weight is 434 g/mol. The van der Waals surface area contributed by atoms with E-state index in [9.17, 15) is 18.0 Å². The van der Waals surface area contributed by atoms with Crippen molar-refractivity contribution in [3.8, 4) is 0 Å². The molecule has 0 bridgehead atoms. The fraction of sp³-hybridized carbons (Fsp3) is 0.222. The van der Waals surface area contributed by atoms with Gasteiger partial charge in [-0.05, 0) is 17.7 Å². The van der Waals surface area contributed by atoms with Gasteiger partial charge in [0.2, 0.25) is 5.79 Å². The molecule has 1 N–H and O–H groups in total. The summed E-state index contributed by atoms with van der Waals surface area (Å²) in [5.74, 6) is -3.67. The molecule has 1 unspecified atom stereocenters. The molecule has 4 nitrogen and oxygen atoms in total. The number of nitrogens with zero attached hydrogens (tertiary/aromatic N) is 2. The van der Waals surface area contributed by atoms with Crippen molar-refractivity contribution >= 4 is 34.7 Å².